The summed E-state index contributed by atoms with van der Waals surface area (Å²) in [5.74, 6) is -1.38. The molecule has 1 amide bonds. The number of nitrogens with one attached hydrogen (secondary N) is 1. The summed E-state index contributed by atoms with van der Waals surface area (Å²) >= 11 is 0. The lowest BCUT2D eigenvalue weighted by Crippen LogP contribution is -2.38. The van der Waals surface area contributed by atoms with E-state index in [-0.39, 0.29) is 18.1 Å². The molecule has 8 heteroatoms. The van der Waals surface area contributed by atoms with E-state index in [0.29, 0.717) is 12.6 Å². The van der Waals surface area contributed by atoms with Crippen molar-refractivity contribution in [3.8, 4) is 0 Å². The van der Waals surface area contributed by atoms with Gasteiger partial charge in [0, 0.05) is 19.1 Å². The standard InChI is InChI=1S/C12H21N5O3/c1-4-9(2)16(3)6-5-13-11(18)8-17-7-10(12(19)20)14-15-17/h7,9H,4-6,8H2,1-3H3,(H,13,18)(H,19,20). The fourth-order valence-corrected chi connectivity index (χ4v) is 1.58. The molecule has 0 aliphatic rings. The van der Waals surface area contributed by atoms with E-state index in [0.717, 1.165) is 13.0 Å². The molecule has 0 bridgehead atoms. The summed E-state index contributed by atoms with van der Waals surface area (Å²) in [5.41, 5.74) is -0.172. The third kappa shape index (κ3) is 4.96. The fraction of sp³-hybridized carbons (Fsp3) is 0.667. The van der Waals surface area contributed by atoms with E-state index >= 15 is 0 Å². The first-order valence-corrected chi connectivity index (χ1v) is 6.54. The summed E-state index contributed by atoms with van der Waals surface area (Å²) in [6.07, 6.45) is 2.29. The van der Waals surface area contributed by atoms with Crippen molar-refractivity contribution in [2.75, 3.05) is 20.1 Å². The second-order valence-electron chi connectivity index (χ2n) is 4.69. The average Bonchev–Trinajstić information content (AvgIpc) is 2.86. The minimum atomic E-state index is -1.16. The number of aromatic carboxylic acids is 1. The van der Waals surface area contributed by atoms with Gasteiger partial charge in [-0.1, -0.05) is 12.1 Å². The summed E-state index contributed by atoms with van der Waals surface area (Å²) in [4.78, 5) is 24.4. The van der Waals surface area contributed by atoms with Crippen molar-refractivity contribution in [1.29, 1.82) is 0 Å². The van der Waals surface area contributed by atoms with Gasteiger partial charge in [-0.15, -0.1) is 5.10 Å². The van der Waals surface area contributed by atoms with Crippen LogP contribution in [0.1, 0.15) is 30.8 Å². The Bertz CT molecular complexity index is 460. The molecule has 1 atom stereocenters. The van der Waals surface area contributed by atoms with Crippen LogP contribution in [-0.4, -0.2) is 63.1 Å². The van der Waals surface area contributed by atoms with Crippen LogP contribution in [0.2, 0.25) is 0 Å². The van der Waals surface area contributed by atoms with Crippen LogP contribution in [0.4, 0.5) is 0 Å². The van der Waals surface area contributed by atoms with Crippen LogP contribution in [0.25, 0.3) is 0 Å². The van der Waals surface area contributed by atoms with Gasteiger partial charge in [0.25, 0.3) is 0 Å². The molecule has 1 aromatic heterocycles. The van der Waals surface area contributed by atoms with Crippen LogP contribution < -0.4 is 5.32 Å². The molecule has 0 saturated carbocycles. The quantitative estimate of drug-likeness (QED) is 0.686. The van der Waals surface area contributed by atoms with Crippen LogP contribution in [0.15, 0.2) is 6.20 Å². The van der Waals surface area contributed by atoms with E-state index in [9.17, 15) is 9.59 Å². The summed E-state index contributed by atoms with van der Waals surface area (Å²) in [7, 11) is 2.01. The molecule has 1 rings (SSSR count). The van der Waals surface area contributed by atoms with E-state index in [2.05, 4.69) is 34.4 Å². The average molecular weight is 283 g/mol. The zero-order valence-corrected chi connectivity index (χ0v) is 12.0. The predicted octanol–water partition coefficient (Wildman–Crippen LogP) is -0.177. The second-order valence-corrected chi connectivity index (χ2v) is 4.69. The monoisotopic (exact) mass is 283 g/mol. The molecule has 0 aliphatic heterocycles. The first kappa shape index (κ1) is 16.1. The second kappa shape index (κ2) is 7.59. The summed E-state index contributed by atoms with van der Waals surface area (Å²) in [6.45, 7) is 5.52. The summed E-state index contributed by atoms with van der Waals surface area (Å²) in [6, 6.07) is 0.473. The lowest BCUT2D eigenvalue weighted by molar-refractivity contribution is -0.121. The number of nitrogens with zero attached hydrogens (tertiary/aromatic N) is 4. The molecule has 20 heavy (non-hydrogen) atoms. The molecular weight excluding hydrogens is 262 g/mol. The van der Waals surface area contributed by atoms with Gasteiger partial charge in [0.1, 0.15) is 6.54 Å². The van der Waals surface area contributed by atoms with Gasteiger partial charge < -0.3 is 15.3 Å². The molecule has 0 saturated heterocycles. The maximum Gasteiger partial charge on any atom is 0.358 e. The summed E-state index contributed by atoms with van der Waals surface area (Å²) in [5, 5.41) is 18.5. The Labute approximate surface area is 117 Å². The minimum Gasteiger partial charge on any atom is -0.476 e. The van der Waals surface area contributed by atoms with E-state index < -0.39 is 5.97 Å². The van der Waals surface area contributed by atoms with Crippen molar-refractivity contribution in [2.24, 2.45) is 0 Å². The number of rotatable bonds is 8. The van der Waals surface area contributed by atoms with Crippen molar-refractivity contribution in [3.63, 3.8) is 0 Å². The predicted molar refractivity (Wildman–Crippen MR) is 72.4 cm³/mol. The number of hydrogen-bond donors (Lipinski definition) is 2. The van der Waals surface area contributed by atoms with Crippen molar-refractivity contribution >= 4 is 11.9 Å². The van der Waals surface area contributed by atoms with Gasteiger partial charge in [-0.25, -0.2) is 9.48 Å². The van der Waals surface area contributed by atoms with Gasteiger partial charge in [-0.05, 0) is 20.4 Å². The van der Waals surface area contributed by atoms with Crippen LogP contribution >= 0.6 is 0 Å². The lowest BCUT2D eigenvalue weighted by atomic mass is 10.2. The largest absolute Gasteiger partial charge is 0.476 e. The highest BCUT2D eigenvalue weighted by Crippen LogP contribution is 1.98. The maximum absolute atomic E-state index is 11.6. The first-order chi connectivity index (χ1) is 9.43. The third-order valence-electron chi connectivity index (χ3n) is 3.19. The Morgan fingerprint density at radius 2 is 2.25 bits per heavy atom. The molecule has 0 aliphatic carbocycles. The zero-order valence-electron chi connectivity index (χ0n) is 12.0. The van der Waals surface area contributed by atoms with Gasteiger partial charge in [-0.2, -0.15) is 0 Å². The molecular formula is C12H21N5O3. The van der Waals surface area contributed by atoms with Crippen LogP contribution in [0, 0.1) is 0 Å². The molecule has 1 aromatic rings. The van der Waals surface area contributed by atoms with Crippen molar-refractivity contribution < 1.29 is 14.7 Å². The summed E-state index contributed by atoms with van der Waals surface area (Å²) < 4.78 is 1.21. The Balaban J connectivity index is 2.31. The number of carboxylic acid groups (broad SMARTS) is 1. The Morgan fingerprint density at radius 3 is 2.80 bits per heavy atom. The van der Waals surface area contributed by atoms with Crippen molar-refractivity contribution in [2.45, 2.75) is 32.9 Å². The molecule has 0 radical (unpaired) electrons. The van der Waals surface area contributed by atoms with Gasteiger partial charge >= 0.3 is 5.97 Å². The highest BCUT2D eigenvalue weighted by molar-refractivity contribution is 5.84. The van der Waals surface area contributed by atoms with E-state index in [4.69, 9.17) is 5.11 Å². The molecule has 112 valence electrons. The van der Waals surface area contributed by atoms with Crippen LogP contribution in [-0.2, 0) is 11.3 Å². The number of hydrogen-bond acceptors (Lipinski definition) is 5. The number of amides is 1. The van der Waals surface area contributed by atoms with Gasteiger partial charge in [0.05, 0.1) is 6.20 Å². The van der Waals surface area contributed by atoms with E-state index in [1.165, 1.54) is 10.9 Å². The number of carboxylic acids is 1. The molecule has 0 spiro atoms. The van der Waals surface area contributed by atoms with Gasteiger partial charge in [0.2, 0.25) is 5.91 Å². The SMILES string of the molecule is CCC(C)N(C)CCNC(=O)Cn1cc(C(=O)O)nn1. The fourth-order valence-electron chi connectivity index (χ4n) is 1.58. The molecule has 0 fully saturated rings. The number of likely N-dealkylation sites (N-methyl/N-ethyl adjacent to an activating group) is 1. The van der Waals surface area contributed by atoms with Crippen LogP contribution in [0.5, 0.6) is 0 Å². The topological polar surface area (TPSA) is 100 Å². The molecule has 2 N–H and O–H groups in total. The van der Waals surface area contributed by atoms with Crippen molar-refractivity contribution in [3.05, 3.63) is 11.9 Å². The number of carbonyl (C=O) groups is 2. The lowest BCUT2D eigenvalue weighted by Gasteiger charge is -2.23. The first-order valence-electron chi connectivity index (χ1n) is 6.54. The Morgan fingerprint density at radius 1 is 1.55 bits per heavy atom. The van der Waals surface area contributed by atoms with Crippen LogP contribution in [0.3, 0.4) is 0 Å². The normalized spacial score (nSPS) is 12.4. The maximum atomic E-state index is 11.6. The third-order valence-corrected chi connectivity index (χ3v) is 3.19. The zero-order chi connectivity index (χ0) is 15.1. The highest BCUT2D eigenvalue weighted by Gasteiger charge is 2.11. The molecule has 0 aromatic carbocycles. The molecule has 1 heterocycles. The highest BCUT2D eigenvalue weighted by atomic mass is 16.4. The van der Waals surface area contributed by atoms with Crippen molar-refractivity contribution in [1.82, 2.24) is 25.2 Å². The number of carbonyl (C=O) groups excluding carboxylic acids is 1. The minimum absolute atomic E-state index is 0.0344. The smallest absolute Gasteiger partial charge is 0.358 e. The van der Waals surface area contributed by atoms with Gasteiger partial charge in [0.15, 0.2) is 5.69 Å². The Hall–Kier alpha value is -1.96. The Kier molecular flexibility index (Phi) is 6.10. The van der Waals surface area contributed by atoms with Gasteiger partial charge in [-0.3, -0.25) is 4.79 Å². The molecule has 1 unspecified atom stereocenters. The van der Waals surface area contributed by atoms with E-state index in [1.807, 2.05) is 7.05 Å². The molecule has 8 nitrogen and oxygen atoms in total. The number of aromatic nitrogens is 3. The van der Waals surface area contributed by atoms with E-state index in [1.54, 1.807) is 0 Å².